The third-order valence-corrected chi connectivity index (χ3v) is 4.42. The third kappa shape index (κ3) is 4.28. The number of carbonyl (C=O) groups is 1. The Morgan fingerprint density at radius 3 is 2.74 bits per heavy atom. The van der Waals surface area contributed by atoms with E-state index in [0.717, 1.165) is 0 Å². The van der Waals surface area contributed by atoms with Gasteiger partial charge in [-0.25, -0.2) is 4.79 Å². The molecule has 0 saturated carbocycles. The Morgan fingerprint density at radius 2 is 1.93 bits per heavy atom. The summed E-state index contributed by atoms with van der Waals surface area (Å²) in [5.41, 5.74) is 1.99. The first-order valence-electron chi connectivity index (χ1n) is 8.71. The molecule has 136 valence electrons. The fraction of sp³-hybridized carbons (Fsp3) is 0.174. The molecule has 0 aliphatic rings. The number of fused-ring (bicyclic) bond motifs is 1. The first-order chi connectivity index (χ1) is 13.1. The zero-order valence-electron chi connectivity index (χ0n) is 15.3. The van der Waals surface area contributed by atoms with Gasteiger partial charge in [0.05, 0.1) is 13.7 Å². The average Bonchev–Trinajstić information content (AvgIpc) is 2.71. The third-order valence-electron chi connectivity index (χ3n) is 4.42. The number of phenolic OH excluding ortho intramolecular Hbond substituents is 1. The van der Waals surface area contributed by atoms with Crippen molar-refractivity contribution in [2.45, 2.75) is 13.0 Å². The van der Waals surface area contributed by atoms with E-state index in [2.05, 4.69) is 59.2 Å². The van der Waals surface area contributed by atoms with Crippen molar-refractivity contribution >= 4 is 16.7 Å². The van der Waals surface area contributed by atoms with E-state index in [9.17, 15) is 9.90 Å². The number of methoxy groups -OCH3 is 1. The van der Waals surface area contributed by atoms with Crippen LogP contribution in [0, 0.1) is 11.8 Å². The van der Waals surface area contributed by atoms with Crippen LogP contribution in [0.3, 0.4) is 0 Å². The lowest BCUT2D eigenvalue weighted by atomic mass is 10.00. The highest BCUT2D eigenvalue weighted by molar-refractivity contribution is 5.92. The quantitative estimate of drug-likeness (QED) is 0.545. The van der Waals surface area contributed by atoms with Crippen molar-refractivity contribution in [3.63, 3.8) is 0 Å². The molecule has 0 amide bonds. The number of carbonyl (C=O) groups excluding carboxylic acids is 1. The molecule has 3 rings (SSSR count). The van der Waals surface area contributed by atoms with Gasteiger partial charge in [-0.3, -0.25) is 5.32 Å². The molecular weight excluding hydrogens is 338 g/mol. The summed E-state index contributed by atoms with van der Waals surface area (Å²) in [6, 6.07) is 19.4. The maximum atomic E-state index is 11.6. The lowest BCUT2D eigenvalue weighted by molar-refractivity contribution is 0.0597. The van der Waals surface area contributed by atoms with Crippen LogP contribution in [0.4, 0.5) is 0 Å². The Balaban J connectivity index is 1.69. The van der Waals surface area contributed by atoms with E-state index in [1.165, 1.54) is 35.6 Å². The highest BCUT2D eigenvalue weighted by Gasteiger charge is 2.11. The summed E-state index contributed by atoms with van der Waals surface area (Å²) >= 11 is 0. The van der Waals surface area contributed by atoms with Gasteiger partial charge >= 0.3 is 5.97 Å². The minimum absolute atomic E-state index is 0.112. The molecule has 3 aromatic rings. The Kier molecular flexibility index (Phi) is 5.75. The van der Waals surface area contributed by atoms with E-state index in [1.807, 2.05) is 12.1 Å². The fourth-order valence-corrected chi connectivity index (χ4v) is 2.98. The standard InChI is InChI=1S/C23H21NO3/c1-16(19-11-5-9-18-8-3-4-10-20(18)19)24-14-6-7-17-12-13-22(25)21(15-17)23(26)27-2/h3-5,8-13,15-16,24-25H,14H2,1-2H3. The Morgan fingerprint density at radius 1 is 1.15 bits per heavy atom. The smallest absolute Gasteiger partial charge is 0.341 e. The van der Waals surface area contributed by atoms with E-state index in [0.29, 0.717) is 12.1 Å². The van der Waals surface area contributed by atoms with Gasteiger partial charge in [0.2, 0.25) is 0 Å². The first-order valence-corrected chi connectivity index (χ1v) is 8.71. The minimum atomic E-state index is -0.584. The number of rotatable bonds is 4. The number of esters is 1. The Hall–Kier alpha value is -3.29. The van der Waals surface area contributed by atoms with Gasteiger partial charge in [0.25, 0.3) is 0 Å². The second-order valence-corrected chi connectivity index (χ2v) is 6.20. The van der Waals surface area contributed by atoms with E-state index in [-0.39, 0.29) is 17.4 Å². The van der Waals surface area contributed by atoms with Crippen molar-refractivity contribution in [2.24, 2.45) is 0 Å². The largest absolute Gasteiger partial charge is 0.507 e. The second kappa shape index (κ2) is 8.39. The maximum absolute atomic E-state index is 11.6. The first kappa shape index (κ1) is 18.5. The van der Waals surface area contributed by atoms with Crippen molar-refractivity contribution in [1.82, 2.24) is 5.32 Å². The number of benzene rings is 3. The van der Waals surface area contributed by atoms with Crippen LogP contribution in [-0.2, 0) is 4.74 Å². The van der Waals surface area contributed by atoms with E-state index in [1.54, 1.807) is 6.07 Å². The predicted octanol–water partition coefficient (Wildman–Crippen LogP) is 4.03. The molecule has 0 radical (unpaired) electrons. The highest BCUT2D eigenvalue weighted by Crippen LogP contribution is 2.24. The van der Waals surface area contributed by atoms with Crippen LogP contribution in [0.15, 0.2) is 60.7 Å². The molecule has 0 spiro atoms. The second-order valence-electron chi connectivity index (χ2n) is 6.20. The van der Waals surface area contributed by atoms with E-state index >= 15 is 0 Å². The maximum Gasteiger partial charge on any atom is 0.341 e. The minimum Gasteiger partial charge on any atom is -0.507 e. The number of ether oxygens (including phenoxy) is 1. The van der Waals surface area contributed by atoms with Gasteiger partial charge in [-0.1, -0.05) is 54.3 Å². The van der Waals surface area contributed by atoms with Crippen LogP contribution in [0.5, 0.6) is 5.75 Å². The Bertz CT molecular complexity index is 1030. The summed E-state index contributed by atoms with van der Waals surface area (Å²) in [5.74, 6) is 5.36. The molecule has 3 aromatic carbocycles. The van der Waals surface area contributed by atoms with Crippen LogP contribution in [0.1, 0.15) is 34.5 Å². The van der Waals surface area contributed by atoms with Crippen LogP contribution >= 0.6 is 0 Å². The number of nitrogens with one attached hydrogen (secondary N) is 1. The number of hydrogen-bond acceptors (Lipinski definition) is 4. The van der Waals surface area contributed by atoms with Gasteiger partial charge in [-0.2, -0.15) is 0 Å². The molecule has 0 aliphatic heterocycles. The molecule has 1 atom stereocenters. The fourth-order valence-electron chi connectivity index (χ4n) is 2.98. The molecular formula is C23H21NO3. The normalized spacial score (nSPS) is 11.5. The summed E-state index contributed by atoms with van der Waals surface area (Å²) in [4.78, 5) is 11.6. The molecule has 0 bridgehead atoms. The lowest BCUT2D eigenvalue weighted by Crippen LogP contribution is -2.19. The zero-order valence-corrected chi connectivity index (χ0v) is 15.3. The van der Waals surface area contributed by atoms with E-state index < -0.39 is 5.97 Å². The van der Waals surface area contributed by atoms with Crippen LogP contribution in [-0.4, -0.2) is 24.7 Å². The molecule has 4 nitrogen and oxygen atoms in total. The molecule has 0 aromatic heterocycles. The van der Waals surface area contributed by atoms with Crippen molar-refractivity contribution in [3.05, 3.63) is 77.4 Å². The van der Waals surface area contributed by atoms with Crippen LogP contribution in [0.25, 0.3) is 10.8 Å². The number of aromatic hydroxyl groups is 1. The van der Waals surface area contributed by atoms with Crippen molar-refractivity contribution in [3.8, 4) is 17.6 Å². The summed E-state index contributed by atoms with van der Waals surface area (Å²) in [5, 5.41) is 15.6. The SMILES string of the molecule is COC(=O)c1cc(C#CCNC(C)c2cccc3ccccc23)ccc1O. The summed E-state index contributed by atoms with van der Waals surface area (Å²) in [7, 11) is 1.28. The van der Waals surface area contributed by atoms with Crippen LogP contribution in [0.2, 0.25) is 0 Å². The molecule has 0 saturated heterocycles. The van der Waals surface area contributed by atoms with Crippen LogP contribution < -0.4 is 5.32 Å². The summed E-state index contributed by atoms with van der Waals surface area (Å²) < 4.78 is 4.65. The average molecular weight is 359 g/mol. The monoisotopic (exact) mass is 359 g/mol. The van der Waals surface area contributed by atoms with Crippen molar-refractivity contribution in [1.29, 1.82) is 0 Å². The molecule has 27 heavy (non-hydrogen) atoms. The molecule has 0 fully saturated rings. The zero-order chi connectivity index (χ0) is 19.2. The lowest BCUT2D eigenvalue weighted by Gasteiger charge is -2.15. The molecule has 2 N–H and O–H groups in total. The van der Waals surface area contributed by atoms with Crippen molar-refractivity contribution in [2.75, 3.05) is 13.7 Å². The highest BCUT2D eigenvalue weighted by atomic mass is 16.5. The molecule has 1 unspecified atom stereocenters. The number of phenols is 1. The molecule has 0 aliphatic carbocycles. The summed E-state index contributed by atoms with van der Waals surface area (Å²) in [6.07, 6.45) is 0. The molecule has 4 heteroatoms. The van der Waals surface area contributed by atoms with Gasteiger partial charge in [0, 0.05) is 11.6 Å². The van der Waals surface area contributed by atoms with Gasteiger partial charge in [-0.05, 0) is 41.5 Å². The summed E-state index contributed by atoms with van der Waals surface area (Å²) in [6.45, 7) is 2.61. The van der Waals surface area contributed by atoms with Gasteiger partial charge < -0.3 is 9.84 Å². The topological polar surface area (TPSA) is 58.6 Å². The number of hydrogen-bond donors (Lipinski definition) is 2. The molecule has 0 heterocycles. The van der Waals surface area contributed by atoms with E-state index in [4.69, 9.17) is 0 Å². The van der Waals surface area contributed by atoms with Gasteiger partial charge in [0.1, 0.15) is 11.3 Å². The predicted molar refractivity (Wildman–Crippen MR) is 107 cm³/mol. The van der Waals surface area contributed by atoms with Gasteiger partial charge in [-0.15, -0.1) is 0 Å². The van der Waals surface area contributed by atoms with Gasteiger partial charge in [0.15, 0.2) is 0 Å². The van der Waals surface area contributed by atoms with Crippen molar-refractivity contribution < 1.29 is 14.6 Å². The Labute approximate surface area is 158 Å².